The van der Waals surface area contributed by atoms with E-state index in [1.807, 2.05) is 5.32 Å². The number of amides is 2. The molecule has 1 heterocycles. The van der Waals surface area contributed by atoms with Crippen molar-refractivity contribution in [3.8, 4) is 0 Å². The molecule has 1 saturated heterocycles. The van der Waals surface area contributed by atoms with Crippen LogP contribution in [0, 0.1) is 23.4 Å². The van der Waals surface area contributed by atoms with Crippen molar-refractivity contribution in [1.82, 2.24) is 9.62 Å². The van der Waals surface area contributed by atoms with Gasteiger partial charge >= 0.3 is 0 Å². The van der Waals surface area contributed by atoms with Gasteiger partial charge in [-0.05, 0) is 31.9 Å². The molecule has 1 aromatic carbocycles. The van der Waals surface area contributed by atoms with Gasteiger partial charge in [-0.2, -0.15) is 0 Å². The molecule has 7 nitrogen and oxygen atoms in total. The monoisotopic (exact) mass is 407 g/mol. The number of nitrogens with one attached hydrogen (secondary N) is 2. The van der Waals surface area contributed by atoms with Crippen LogP contribution in [0.2, 0.25) is 0 Å². The first-order valence-corrected chi connectivity index (χ1v) is 9.95. The second kappa shape index (κ2) is 8.70. The van der Waals surface area contributed by atoms with Crippen molar-refractivity contribution in [3.05, 3.63) is 29.6 Å². The number of hydrogen-bond donors (Lipinski definition) is 2. The fraction of sp³-hybridized carbons (Fsp3) is 0.500. The largest absolute Gasteiger partial charge is 0.347 e. The zero-order valence-electron chi connectivity index (χ0n) is 14.6. The maximum absolute atomic E-state index is 13.5. The van der Waals surface area contributed by atoms with E-state index in [4.69, 9.17) is 0 Å². The Kier molecular flexibility index (Phi) is 6.82. The zero-order valence-corrected chi connectivity index (χ0v) is 15.4. The first-order chi connectivity index (χ1) is 12.7. The molecule has 1 aromatic rings. The normalized spacial score (nSPS) is 16.1. The van der Waals surface area contributed by atoms with E-state index in [1.54, 1.807) is 6.92 Å². The molecule has 0 aromatic heterocycles. The Balaban J connectivity index is 1.82. The minimum atomic E-state index is -3.30. The quantitative estimate of drug-likeness (QED) is 0.694. The van der Waals surface area contributed by atoms with Gasteiger partial charge in [-0.3, -0.25) is 9.59 Å². The van der Waals surface area contributed by atoms with Gasteiger partial charge in [0.15, 0.2) is 17.5 Å². The van der Waals surface area contributed by atoms with Crippen LogP contribution < -0.4 is 10.6 Å². The van der Waals surface area contributed by atoms with Crippen LogP contribution in [0.3, 0.4) is 0 Å². The number of halogens is 3. The number of carbonyl (C=O) groups is 2. The van der Waals surface area contributed by atoms with E-state index in [2.05, 4.69) is 5.32 Å². The lowest BCUT2D eigenvalue weighted by Gasteiger charge is -2.30. The number of sulfonamides is 1. The molecule has 27 heavy (non-hydrogen) atoms. The zero-order chi connectivity index (χ0) is 20.2. The average Bonchev–Trinajstić information content (AvgIpc) is 2.66. The van der Waals surface area contributed by atoms with Gasteiger partial charge in [0.25, 0.3) is 0 Å². The Hall–Kier alpha value is -2.14. The molecule has 2 rings (SSSR count). The van der Waals surface area contributed by atoms with Crippen LogP contribution >= 0.6 is 0 Å². The average molecular weight is 407 g/mol. The summed E-state index contributed by atoms with van der Waals surface area (Å²) in [7, 11) is -3.30. The van der Waals surface area contributed by atoms with Crippen LogP contribution in [0.1, 0.15) is 19.8 Å². The molecule has 2 amide bonds. The van der Waals surface area contributed by atoms with E-state index >= 15 is 0 Å². The predicted octanol–water partition coefficient (Wildman–Crippen LogP) is 1.22. The summed E-state index contributed by atoms with van der Waals surface area (Å²) >= 11 is 0. The summed E-state index contributed by atoms with van der Waals surface area (Å²) in [5, 5.41) is 4.42. The number of hydrogen-bond acceptors (Lipinski definition) is 4. The lowest BCUT2D eigenvalue weighted by Crippen LogP contribution is -2.44. The van der Waals surface area contributed by atoms with Gasteiger partial charge in [0.05, 0.1) is 18.0 Å². The minimum absolute atomic E-state index is 0.00935. The summed E-state index contributed by atoms with van der Waals surface area (Å²) in [4.78, 5) is 23.9. The smallest absolute Gasteiger partial charge is 0.243 e. The molecule has 0 unspecified atom stereocenters. The van der Waals surface area contributed by atoms with Crippen LogP contribution in [0.5, 0.6) is 0 Å². The maximum Gasteiger partial charge on any atom is 0.243 e. The molecule has 2 N–H and O–H groups in total. The number of anilines is 1. The third kappa shape index (κ3) is 5.19. The third-order valence-electron chi connectivity index (χ3n) is 4.32. The minimum Gasteiger partial charge on any atom is -0.347 e. The van der Waals surface area contributed by atoms with Crippen molar-refractivity contribution in [2.24, 2.45) is 5.92 Å². The van der Waals surface area contributed by atoms with Crippen LogP contribution in [-0.2, 0) is 19.6 Å². The van der Waals surface area contributed by atoms with E-state index < -0.39 is 57.4 Å². The highest BCUT2D eigenvalue weighted by molar-refractivity contribution is 7.89. The summed E-state index contributed by atoms with van der Waals surface area (Å²) < 4.78 is 64.4. The highest BCUT2D eigenvalue weighted by Gasteiger charge is 2.30. The van der Waals surface area contributed by atoms with Gasteiger partial charge in [0.2, 0.25) is 21.8 Å². The van der Waals surface area contributed by atoms with Gasteiger partial charge in [-0.15, -0.1) is 0 Å². The van der Waals surface area contributed by atoms with Crippen molar-refractivity contribution in [1.29, 1.82) is 0 Å². The topological polar surface area (TPSA) is 95.6 Å². The molecule has 1 aliphatic rings. The SMILES string of the molecule is CCS(=O)(=O)N1CCC(C(=O)NCC(=O)Nc2ccc(F)c(F)c2F)CC1. The van der Waals surface area contributed by atoms with Gasteiger partial charge in [-0.25, -0.2) is 25.9 Å². The lowest BCUT2D eigenvalue weighted by atomic mass is 9.97. The Morgan fingerprint density at radius 1 is 1.15 bits per heavy atom. The second-order valence-electron chi connectivity index (χ2n) is 6.06. The van der Waals surface area contributed by atoms with Crippen LogP contribution in [-0.4, -0.2) is 49.9 Å². The molecule has 11 heteroatoms. The Labute approximate surface area is 155 Å². The number of nitrogens with zero attached hydrogens (tertiary/aromatic N) is 1. The second-order valence-corrected chi connectivity index (χ2v) is 8.32. The number of carbonyl (C=O) groups excluding carboxylic acids is 2. The summed E-state index contributed by atoms with van der Waals surface area (Å²) in [5.41, 5.74) is -0.536. The van der Waals surface area contributed by atoms with E-state index in [1.165, 1.54) is 4.31 Å². The number of piperidine rings is 1. The Bertz CT molecular complexity index is 824. The van der Waals surface area contributed by atoms with Crippen LogP contribution in [0.4, 0.5) is 18.9 Å². The Morgan fingerprint density at radius 2 is 1.78 bits per heavy atom. The molecule has 0 atom stereocenters. The number of benzene rings is 1. The van der Waals surface area contributed by atoms with Crippen LogP contribution in [0.15, 0.2) is 12.1 Å². The molecule has 1 aliphatic heterocycles. The highest BCUT2D eigenvalue weighted by Crippen LogP contribution is 2.21. The van der Waals surface area contributed by atoms with Crippen molar-refractivity contribution in [2.45, 2.75) is 19.8 Å². The van der Waals surface area contributed by atoms with Gasteiger partial charge in [0.1, 0.15) is 0 Å². The molecule has 1 fully saturated rings. The van der Waals surface area contributed by atoms with E-state index in [0.717, 1.165) is 6.07 Å². The molecule has 0 aliphatic carbocycles. The van der Waals surface area contributed by atoms with Gasteiger partial charge in [-0.1, -0.05) is 0 Å². The fourth-order valence-corrected chi connectivity index (χ4v) is 3.84. The first-order valence-electron chi connectivity index (χ1n) is 8.34. The molecule has 150 valence electrons. The van der Waals surface area contributed by atoms with Gasteiger partial charge < -0.3 is 10.6 Å². The Morgan fingerprint density at radius 3 is 2.37 bits per heavy atom. The van der Waals surface area contributed by atoms with Crippen molar-refractivity contribution in [2.75, 3.05) is 30.7 Å². The molecule has 0 saturated carbocycles. The van der Waals surface area contributed by atoms with Crippen molar-refractivity contribution >= 4 is 27.5 Å². The molecular weight excluding hydrogens is 387 g/mol. The van der Waals surface area contributed by atoms with Crippen molar-refractivity contribution < 1.29 is 31.2 Å². The van der Waals surface area contributed by atoms with E-state index in [9.17, 15) is 31.2 Å². The van der Waals surface area contributed by atoms with E-state index in [-0.39, 0.29) is 18.8 Å². The van der Waals surface area contributed by atoms with Gasteiger partial charge in [0, 0.05) is 19.0 Å². The standard InChI is InChI=1S/C16H20F3N3O4S/c1-2-27(25,26)22-7-5-10(6-8-22)16(24)20-9-13(23)21-12-4-3-11(17)14(18)15(12)19/h3-4,10H,2,5-9H2,1H3,(H,20,24)(H,21,23). The summed E-state index contributed by atoms with van der Waals surface area (Å²) in [5.74, 6) is -6.30. The van der Waals surface area contributed by atoms with E-state index in [0.29, 0.717) is 18.9 Å². The summed E-state index contributed by atoms with van der Waals surface area (Å²) in [6, 6.07) is 1.54. The maximum atomic E-state index is 13.5. The van der Waals surface area contributed by atoms with Crippen LogP contribution in [0.25, 0.3) is 0 Å². The van der Waals surface area contributed by atoms with Crippen molar-refractivity contribution in [3.63, 3.8) is 0 Å². The highest BCUT2D eigenvalue weighted by atomic mass is 32.2. The molecule has 0 radical (unpaired) electrons. The predicted molar refractivity (Wildman–Crippen MR) is 91.7 cm³/mol. The third-order valence-corrected chi connectivity index (χ3v) is 6.20. The molecular formula is C16H20F3N3O4S. The fourth-order valence-electron chi connectivity index (χ4n) is 2.71. The number of rotatable bonds is 6. The molecule has 0 bridgehead atoms. The first kappa shape index (κ1) is 21.2. The summed E-state index contributed by atoms with van der Waals surface area (Å²) in [6.07, 6.45) is 0.648. The lowest BCUT2D eigenvalue weighted by molar-refractivity contribution is -0.128. The summed E-state index contributed by atoms with van der Waals surface area (Å²) in [6.45, 7) is 1.51. The molecule has 0 spiro atoms.